The molecule has 0 unspecified atom stereocenters. The highest BCUT2D eigenvalue weighted by Crippen LogP contribution is 2.26. The van der Waals surface area contributed by atoms with Gasteiger partial charge in [-0.2, -0.15) is 0 Å². The van der Waals surface area contributed by atoms with Crippen molar-refractivity contribution in [1.82, 2.24) is 9.55 Å². The molecule has 1 aromatic heterocycles. The van der Waals surface area contributed by atoms with Crippen LogP contribution in [0.1, 0.15) is 57.9 Å². The molecule has 1 rings (SSSR count). The van der Waals surface area contributed by atoms with Gasteiger partial charge in [-0.3, -0.25) is 0 Å². The Morgan fingerprint density at radius 3 is 2.24 bits per heavy atom. The number of nitrogens with zero attached hydrogens (tertiary/aromatic N) is 2. The van der Waals surface area contributed by atoms with Gasteiger partial charge in [-0.25, -0.2) is 9.78 Å². The Morgan fingerprint density at radius 2 is 1.81 bits per heavy atom. The number of aromatic nitrogens is 2. The summed E-state index contributed by atoms with van der Waals surface area (Å²) < 4.78 is 7.01. The van der Waals surface area contributed by atoms with E-state index in [4.69, 9.17) is 10.5 Å². The van der Waals surface area contributed by atoms with Gasteiger partial charge >= 0.3 is 5.97 Å². The molecule has 0 fully saturated rings. The molecule has 2 N–H and O–H groups in total. The summed E-state index contributed by atoms with van der Waals surface area (Å²) >= 11 is 0. The average Bonchev–Trinajstić information content (AvgIpc) is 2.72. The largest absolute Gasteiger partial charge is 0.461 e. The van der Waals surface area contributed by atoms with Crippen LogP contribution < -0.4 is 5.73 Å². The molecular weight excluding hydrogens is 266 g/mol. The lowest BCUT2D eigenvalue weighted by Crippen LogP contribution is -2.24. The van der Waals surface area contributed by atoms with Crippen LogP contribution >= 0.6 is 0 Å². The Kier molecular flexibility index (Phi) is 6.24. The number of nitrogen functional groups attached to an aromatic ring is 1. The fourth-order valence-electron chi connectivity index (χ4n) is 2.74. The van der Waals surface area contributed by atoms with Crippen molar-refractivity contribution in [3.8, 4) is 0 Å². The molecule has 0 saturated carbocycles. The van der Waals surface area contributed by atoms with E-state index >= 15 is 0 Å². The minimum atomic E-state index is -0.436. The zero-order chi connectivity index (χ0) is 16.2. The second-order valence-corrected chi connectivity index (χ2v) is 6.10. The number of anilines is 1. The van der Waals surface area contributed by atoms with E-state index in [9.17, 15) is 4.79 Å². The van der Waals surface area contributed by atoms with Crippen molar-refractivity contribution in [2.75, 3.05) is 12.3 Å². The van der Waals surface area contributed by atoms with Crippen molar-refractivity contribution in [3.63, 3.8) is 0 Å². The lowest BCUT2D eigenvalue weighted by molar-refractivity contribution is 0.0521. The first-order valence-corrected chi connectivity index (χ1v) is 7.85. The number of aryl methyl sites for hydroxylation is 1. The number of esters is 1. The summed E-state index contributed by atoms with van der Waals surface area (Å²) in [5, 5.41) is 0. The molecule has 1 aromatic rings. The van der Waals surface area contributed by atoms with Gasteiger partial charge in [-0.15, -0.1) is 0 Å². The molecular formula is C16H29N3O2. The van der Waals surface area contributed by atoms with Crippen molar-refractivity contribution >= 4 is 11.8 Å². The van der Waals surface area contributed by atoms with Crippen LogP contribution in [0, 0.1) is 17.8 Å². The number of hydrogen-bond donors (Lipinski definition) is 1. The predicted octanol–water partition coefficient (Wildman–Crippen LogP) is 3.13. The number of carbonyl (C=O) groups excluding carboxylic acids is 1. The maximum Gasteiger partial charge on any atom is 0.360 e. The second kappa shape index (κ2) is 7.48. The number of carbonyl (C=O) groups is 1. The van der Waals surface area contributed by atoms with Crippen LogP contribution in [0.3, 0.4) is 0 Å². The van der Waals surface area contributed by atoms with E-state index in [1.165, 1.54) is 0 Å². The van der Waals surface area contributed by atoms with E-state index in [1.54, 1.807) is 6.92 Å². The summed E-state index contributed by atoms with van der Waals surface area (Å²) in [6.07, 6.45) is 0.743. The van der Waals surface area contributed by atoms with Crippen LogP contribution in [-0.4, -0.2) is 22.1 Å². The summed E-state index contributed by atoms with van der Waals surface area (Å²) in [7, 11) is 0. The van der Waals surface area contributed by atoms with Crippen molar-refractivity contribution in [1.29, 1.82) is 0 Å². The van der Waals surface area contributed by atoms with Crippen molar-refractivity contribution in [2.45, 2.75) is 54.5 Å². The Labute approximate surface area is 127 Å². The molecule has 0 aliphatic carbocycles. The molecule has 120 valence electrons. The average molecular weight is 295 g/mol. The SMILES string of the molecule is CCOC(=O)c1nc(CC)n(CC(C(C)C)C(C)C)c1N. The van der Waals surface area contributed by atoms with E-state index in [1.807, 2.05) is 11.5 Å². The highest BCUT2D eigenvalue weighted by atomic mass is 16.5. The first kappa shape index (κ1) is 17.5. The summed E-state index contributed by atoms with van der Waals surface area (Å²) in [4.78, 5) is 16.3. The Bertz CT molecular complexity index is 470. The first-order chi connectivity index (χ1) is 9.83. The summed E-state index contributed by atoms with van der Waals surface area (Å²) in [6, 6.07) is 0. The Morgan fingerprint density at radius 1 is 1.24 bits per heavy atom. The lowest BCUT2D eigenvalue weighted by Gasteiger charge is -2.26. The lowest BCUT2D eigenvalue weighted by atomic mass is 9.85. The highest BCUT2D eigenvalue weighted by molar-refractivity contribution is 5.92. The molecule has 0 aliphatic heterocycles. The normalized spacial score (nSPS) is 11.7. The maximum absolute atomic E-state index is 11.9. The number of hydrogen-bond acceptors (Lipinski definition) is 4. The Hall–Kier alpha value is -1.52. The topological polar surface area (TPSA) is 70.1 Å². The van der Waals surface area contributed by atoms with Crippen molar-refractivity contribution in [3.05, 3.63) is 11.5 Å². The third-order valence-electron chi connectivity index (χ3n) is 3.98. The molecule has 1 heterocycles. The number of nitrogens with two attached hydrogens (primary N) is 1. The smallest absolute Gasteiger partial charge is 0.360 e. The number of ether oxygens (including phenoxy) is 1. The molecule has 0 bridgehead atoms. The molecule has 0 atom stereocenters. The van der Waals surface area contributed by atoms with E-state index in [0.29, 0.717) is 30.2 Å². The zero-order valence-electron chi connectivity index (χ0n) is 14.1. The van der Waals surface area contributed by atoms with Crippen LogP contribution in [0.25, 0.3) is 0 Å². The van der Waals surface area contributed by atoms with E-state index in [2.05, 4.69) is 32.7 Å². The van der Waals surface area contributed by atoms with Gasteiger partial charge in [0, 0.05) is 13.0 Å². The third-order valence-corrected chi connectivity index (χ3v) is 3.98. The van der Waals surface area contributed by atoms with Gasteiger partial charge in [0.15, 0.2) is 5.69 Å². The molecule has 5 nitrogen and oxygen atoms in total. The first-order valence-electron chi connectivity index (χ1n) is 7.85. The van der Waals surface area contributed by atoms with E-state index in [0.717, 1.165) is 18.8 Å². The monoisotopic (exact) mass is 295 g/mol. The minimum Gasteiger partial charge on any atom is -0.461 e. The van der Waals surface area contributed by atoms with Crippen LogP contribution in [-0.2, 0) is 17.7 Å². The molecule has 0 amide bonds. The van der Waals surface area contributed by atoms with E-state index in [-0.39, 0.29) is 5.69 Å². The summed E-state index contributed by atoms with van der Waals surface area (Å²) in [5.74, 6) is 2.42. The van der Waals surface area contributed by atoms with Crippen molar-refractivity contribution < 1.29 is 9.53 Å². The van der Waals surface area contributed by atoms with E-state index < -0.39 is 5.97 Å². The molecule has 5 heteroatoms. The van der Waals surface area contributed by atoms with Gasteiger partial charge in [0.25, 0.3) is 0 Å². The van der Waals surface area contributed by atoms with Gasteiger partial charge in [0.1, 0.15) is 11.6 Å². The standard InChI is InChI=1S/C16H29N3O2/c1-7-13-18-14(16(20)21-8-2)15(17)19(13)9-12(10(3)4)11(5)6/h10-12H,7-9,17H2,1-6H3. The quantitative estimate of drug-likeness (QED) is 0.785. The van der Waals surface area contributed by atoms with Gasteiger partial charge < -0.3 is 15.0 Å². The third kappa shape index (κ3) is 3.99. The van der Waals surface area contributed by atoms with Crippen molar-refractivity contribution in [2.24, 2.45) is 17.8 Å². The molecule has 21 heavy (non-hydrogen) atoms. The van der Waals surface area contributed by atoms with Gasteiger partial charge in [-0.05, 0) is 24.7 Å². The second-order valence-electron chi connectivity index (χ2n) is 6.10. The summed E-state index contributed by atoms with van der Waals surface area (Å²) in [6.45, 7) is 13.8. The van der Waals surface area contributed by atoms with Crippen LogP contribution in [0.15, 0.2) is 0 Å². The Balaban J connectivity index is 3.14. The fraction of sp³-hybridized carbons (Fsp3) is 0.750. The fourth-order valence-corrected chi connectivity index (χ4v) is 2.74. The van der Waals surface area contributed by atoms with Gasteiger partial charge in [-0.1, -0.05) is 34.6 Å². The van der Waals surface area contributed by atoms with Crippen LogP contribution in [0.2, 0.25) is 0 Å². The molecule has 0 aliphatic rings. The highest BCUT2D eigenvalue weighted by Gasteiger charge is 2.25. The maximum atomic E-state index is 11.9. The van der Waals surface area contributed by atoms with Crippen LogP contribution in [0.4, 0.5) is 5.82 Å². The molecule has 0 spiro atoms. The minimum absolute atomic E-state index is 0.250. The molecule has 0 aromatic carbocycles. The molecule has 0 radical (unpaired) electrons. The van der Waals surface area contributed by atoms with Gasteiger partial charge in [0.2, 0.25) is 0 Å². The number of imidazole rings is 1. The molecule has 0 saturated heterocycles. The van der Waals surface area contributed by atoms with Gasteiger partial charge in [0.05, 0.1) is 6.61 Å². The zero-order valence-corrected chi connectivity index (χ0v) is 14.1. The summed E-state index contributed by atoms with van der Waals surface area (Å²) in [5.41, 5.74) is 6.41. The predicted molar refractivity (Wildman–Crippen MR) is 85.1 cm³/mol. The van der Waals surface area contributed by atoms with Crippen LogP contribution in [0.5, 0.6) is 0 Å². The number of rotatable bonds is 7.